The maximum absolute atomic E-state index is 14.7. The lowest BCUT2D eigenvalue weighted by Gasteiger charge is -2.42. The highest BCUT2D eigenvalue weighted by Crippen LogP contribution is 2.42. The lowest BCUT2D eigenvalue weighted by atomic mass is 9.84. The summed E-state index contributed by atoms with van der Waals surface area (Å²) in [5.41, 5.74) is 6.33. The van der Waals surface area contributed by atoms with Gasteiger partial charge < -0.3 is 43.9 Å². The number of amides is 4. The average Bonchev–Trinajstić information content (AvgIpc) is 3.88. The van der Waals surface area contributed by atoms with Gasteiger partial charge in [-0.1, -0.05) is 33.8 Å². The highest BCUT2D eigenvalue weighted by atomic mass is 32.1. The van der Waals surface area contributed by atoms with Crippen LogP contribution in [0.3, 0.4) is 0 Å². The van der Waals surface area contributed by atoms with Crippen LogP contribution in [0.25, 0.3) is 33.4 Å². The number of likely N-dealkylation sites (N-methyl/N-ethyl adjacent to an activating group) is 2. The Morgan fingerprint density at radius 1 is 1.14 bits per heavy atom. The Bertz CT molecular complexity index is 2420. The maximum Gasteiger partial charge on any atom is 0.355 e. The Labute approximate surface area is 391 Å². The van der Waals surface area contributed by atoms with Crippen LogP contribution in [0.15, 0.2) is 41.9 Å². The molecule has 4 amide bonds. The first-order valence-corrected chi connectivity index (χ1v) is 23.9. The lowest BCUT2D eigenvalue weighted by molar-refractivity contribution is -0.189. The Morgan fingerprint density at radius 3 is 2.62 bits per heavy atom. The van der Waals surface area contributed by atoms with E-state index in [-0.39, 0.29) is 56.5 Å². The second-order valence-electron chi connectivity index (χ2n) is 19.3. The molecule has 2 saturated heterocycles. The number of rotatable bonds is 10. The Hall–Kier alpha value is -4.98. The number of thiazole rings is 1. The molecule has 5 atom stereocenters. The van der Waals surface area contributed by atoms with Crippen LogP contribution in [0.4, 0.5) is 4.79 Å². The van der Waals surface area contributed by atoms with Gasteiger partial charge in [0.15, 0.2) is 0 Å². The molecule has 0 unspecified atom stereocenters. The van der Waals surface area contributed by atoms with Crippen molar-refractivity contribution in [3.63, 3.8) is 0 Å². The number of nitrogens with one attached hydrogen (secondary N) is 2. The van der Waals surface area contributed by atoms with Crippen molar-refractivity contribution in [3.8, 4) is 22.5 Å². The summed E-state index contributed by atoms with van der Waals surface area (Å²) >= 11 is 1.37. The Kier molecular flexibility index (Phi) is 14.9. The molecule has 0 radical (unpaired) electrons. The number of morpholine rings is 1. The smallest absolute Gasteiger partial charge is 0.355 e. The van der Waals surface area contributed by atoms with Gasteiger partial charge in [0, 0.05) is 92.2 Å². The zero-order valence-corrected chi connectivity index (χ0v) is 40.9. The summed E-state index contributed by atoms with van der Waals surface area (Å²) in [6.45, 7) is 14.4. The summed E-state index contributed by atoms with van der Waals surface area (Å²) in [5.74, 6) is -2.33. The van der Waals surface area contributed by atoms with Crippen LogP contribution >= 0.6 is 11.3 Å². The van der Waals surface area contributed by atoms with Crippen molar-refractivity contribution in [2.75, 3.05) is 67.7 Å². The van der Waals surface area contributed by atoms with Gasteiger partial charge in [0.25, 0.3) is 5.91 Å². The van der Waals surface area contributed by atoms with Gasteiger partial charge in [-0.15, -0.1) is 11.3 Å². The van der Waals surface area contributed by atoms with E-state index in [1.165, 1.54) is 21.2 Å². The van der Waals surface area contributed by atoms with Crippen molar-refractivity contribution in [2.24, 2.45) is 11.3 Å². The lowest BCUT2D eigenvalue weighted by Crippen LogP contribution is -2.67. The number of pyridine rings is 1. The molecule has 2 fully saturated rings. The van der Waals surface area contributed by atoms with Crippen LogP contribution in [0.1, 0.15) is 76.8 Å². The Balaban J connectivity index is 1.29. The van der Waals surface area contributed by atoms with Crippen molar-refractivity contribution in [1.82, 2.24) is 45.0 Å². The predicted octanol–water partition coefficient (Wildman–Crippen LogP) is 4.86. The van der Waals surface area contributed by atoms with Crippen molar-refractivity contribution >= 4 is 46.1 Å². The van der Waals surface area contributed by atoms with Gasteiger partial charge in [-0.2, -0.15) is 5.43 Å². The molecule has 6 bridgehead atoms. The molecule has 17 nitrogen and oxygen atoms in total. The molecule has 0 aliphatic carbocycles. The molecule has 3 aliphatic rings. The highest BCUT2D eigenvalue weighted by molar-refractivity contribution is 7.10. The zero-order chi connectivity index (χ0) is 47.7. The van der Waals surface area contributed by atoms with Gasteiger partial charge in [-0.3, -0.25) is 19.6 Å². The number of aryl methyl sites for hydroxylation is 1. The van der Waals surface area contributed by atoms with E-state index in [2.05, 4.69) is 46.5 Å². The summed E-state index contributed by atoms with van der Waals surface area (Å²) < 4.78 is 19.8. The number of cyclic esters (lactones) is 1. The fourth-order valence-electron chi connectivity index (χ4n) is 9.59. The molecule has 1 aromatic carbocycles. The van der Waals surface area contributed by atoms with Gasteiger partial charge in [-0.05, 0) is 76.5 Å². The number of urea groups is 1. The molecule has 18 heteroatoms. The number of fused-ring (bicyclic) bond motifs is 6. The van der Waals surface area contributed by atoms with Gasteiger partial charge in [-0.25, -0.2) is 14.6 Å². The number of aliphatic hydroxyl groups is 1. The molecule has 7 rings (SSSR count). The van der Waals surface area contributed by atoms with E-state index in [1.54, 1.807) is 25.3 Å². The quantitative estimate of drug-likeness (QED) is 0.184. The average molecular weight is 930 g/mol. The highest BCUT2D eigenvalue weighted by Gasteiger charge is 2.46. The number of ether oxygens (including phenoxy) is 3. The largest absolute Gasteiger partial charge is 0.462 e. The van der Waals surface area contributed by atoms with Crippen LogP contribution in [0, 0.1) is 11.3 Å². The van der Waals surface area contributed by atoms with Crippen molar-refractivity contribution in [1.29, 1.82) is 0 Å². The number of carbonyl (C=O) groups is 4. The summed E-state index contributed by atoms with van der Waals surface area (Å²) in [5, 5.41) is 19.6. The summed E-state index contributed by atoms with van der Waals surface area (Å²) in [4.78, 5) is 72.4. The topological polar surface area (TPSA) is 184 Å². The number of nitrogens with zero attached hydrogens (tertiary/aromatic N) is 7. The van der Waals surface area contributed by atoms with E-state index >= 15 is 0 Å². The number of hydrazine groups is 1. The molecule has 0 saturated carbocycles. The predicted molar refractivity (Wildman–Crippen MR) is 252 cm³/mol. The Morgan fingerprint density at radius 2 is 1.91 bits per heavy atom. The first-order valence-electron chi connectivity index (χ1n) is 23.0. The molecule has 66 heavy (non-hydrogen) atoms. The fraction of sp³-hybridized carbons (Fsp3) is 0.583. The van der Waals surface area contributed by atoms with Crippen LogP contribution in [0.5, 0.6) is 0 Å². The van der Waals surface area contributed by atoms with Gasteiger partial charge in [0.1, 0.15) is 12.1 Å². The molecular formula is C48H67N9O8S. The van der Waals surface area contributed by atoms with Crippen molar-refractivity contribution in [2.45, 2.75) is 104 Å². The fourth-order valence-corrected chi connectivity index (χ4v) is 10.4. The summed E-state index contributed by atoms with van der Waals surface area (Å²) in [6, 6.07) is 7.65. The number of hydrogen-bond acceptors (Lipinski definition) is 13. The summed E-state index contributed by atoms with van der Waals surface area (Å²) in [7, 11) is 7.15. The van der Waals surface area contributed by atoms with Gasteiger partial charge >= 0.3 is 12.0 Å². The number of hydrogen-bond donors (Lipinski definition) is 3. The third-order valence-electron chi connectivity index (χ3n) is 12.9. The number of esters is 1. The number of carbonyl (C=O) groups excluding carboxylic acids is 4. The van der Waals surface area contributed by atoms with Crippen molar-refractivity contribution in [3.05, 3.63) is 58.2 Å². The number of aromatic nitrogens is 3. The monoisotopic (exact) mass is 929 g/mol. The van der Waals surface area contributed by atoms with E-state index < -0.39 is 41.0 Å². The van der Waals surface area contributed by atoms with Crippen molar-refractivity contribution < 1.29 is 38.5 Å². The van der Waals surface area contributed by atoms with Gasteiger partial charge in [0.2, 0.25) is 11.6 Å². The molecule has 358 valence electrons. The zero-order valence-electron chi connectivity index (χ0n) is 40.1. The third-order valence-corrected chi connectivity index (χ3v) is 13.8. The molecule has 3 aliphatic heterocycles. The molecule has 6 heterocycles. The van der Waals surface area contributed by atoms with Crippen LogP contribution in [-0.4, -0.2) is 155 Å². The second-order valence-corrected chi connectivity index (χ2v) is 20.2. The minimum Gasteiger partial charge on any atom is -0.462 e. The normalized spacial score (nSPS) is 22.6. The van der Waals surface area contributed by atoms with E-state index in [1.807, 2.05) is 65.1 Å². The van der Waals surface area contributed by atoms with E-state index in [9.17, 15) is 24.3 Å². The first kappa shape index (κ1) is 48.9. The van der Waals surface area contributed by atoms with E-state index in [4.69, 9.17) is 24.2 Å². The molecule has 0 spiro atoms. The number of benzene rings is 1. The third kappa shape index (κ3) is 10.1. The first-order chi connectivity index (χ1) is 31.4. The second kappa shape index (κ2) is 20.1. The van der Waals surface area contributed by atoms with Gasteiger partial charge in [0.05, 0.1) is 54.1 Å². The van der Waals surface area contributed by atoms with Crippen LogP contribution in [0.2, 0.25) is 0 Å². The minimum absolute atomic E-state index is 0.0000244. The molecule has 4 aromatic rings. The van der Waals surface area contributed by atoms with E-state index in [0.717, 1.165) is 39.0 Å². The minimum atomic E-state index is -2.22. The van der Waals surface area contributed by atoms with Crippen LogP contribution in [-0.2, 0) is 48.0 Å². The summed E-state index contributed by atoms with van der Waals surface area (Å²) in [6.07, 6.45) is 2.28. The SMILES string of the molecule is CCn1c(-c2cccnc2[C@H](C)OC)c2c3cc(ccc31)-c1csc(n1)C[C@H](NC(=O)[C@H](C(C)C)N(C)C(=O)N1CCOC[C@@H]1CN(C)C)C(=O)N1CCC[C@@](O)(N1)C(=O)OCC(C)(C)C2. The van der Waals surface area contributed by atoms with E-state index in [0.29, 0.717) is 50.0 Å². The molecule has 3 aromatic heterocycles. The maximum atomic E-state index is 14.7. The standard InChI is InChI=1S/C48H67N9O8S/c1-11-55-38-16-15-31-22-34(38)35(42(55)33-14-12-18-49-40(33)30(4)63-10)24-47(5,6)28-65-45(60)48(62)17-13-19-57(52-48)44(59)36(23-39-50-37(31)27-66-39)51-43(58)41(29(2)3)54(9)46(61)56-20-21-64-26-32(56)25-53(7)8/h12,14-16,18,22,27,29-30,32,36,41,52,62H,11,13,17,19-21,23-26,28H2,1-10H3,(H,51,58)/t30-,32-,36-,41-,48-/m0/s1. The van der Waals surface area contributed by atoms with Crippen LogP contribution < -0.4 is 10.7 Å². The number of methoxy groups -OCH3 is 1. The molecular weight excluding hydrogens is 863 g/mol. The molecule has 3 N–H and O–H groups in total.